The molecule has 8 nitrogen and oxygen atoms in total. The Morgan fingerprint density at radius 2 is 1.95 bits per heavy atom. The minimum Gasteiger partial charge on any atom is -0.467 e. The Hall–Kier alpha value is -1.67. The summed E-state index contributed by atoms with van der Waals surface area (Å²) in [6.45, 7) is 2.25. The third-order valence-corrected chi connectivity index (χ3v) is 3.20. The first-order valence-corrected chi connectivity index (χ1v) is 6.70. The van der Waals surface area contributed by atoms with Crippen molar-refractivity contribution in [3.63, 3.8) is 0 Å². The molecule has 1 saturated heterocycles. The number of nitrogens with zero attached hydrogens (tertiary/aromatic N) is 4. The molecule has 1 aliphatic rings. The number of aliphatic hydroxyl groups excluding tert-OH is 1. The zero-order valence-electron chi connectivity index (χ0n) is 11.9. The van der Waals surface area contributed by atoms with Crippen molar-refractivity contribution in [3.05, 3.63) is 0 Å². The van der Waals surface area contributed by atoms with Crippen molar-refractivity contribution in [2.75, 3.05) is 45.4 Å². The summed E-state index contributed by atoms with van der Waals surface area (Å²) in [6, 6.07) is 0.790. The Kier molecular flexibility index (Phi) is 5.31. The summed E-state index contributed by atoms with van der Waals surface area (Å²) in [5.41, 5.74) is 0. The van der Waals surface area contributed by atoms with Gasteiger partial charge in [0.25, 0.3) is 0 Å². The van der Waals surface area contributed by atoms with E-state index >= 15 is 0 Å². The van der Waals surface area contributed by atoms with Crippen molar-refractivity contribution >= 4 is 5.95 Å². The van der Waals surface area contributed by atoms with Crippen LogP contribution in [-0.2, 0) is 0 Å². The van der Waals surface area contributed by atoms with E-state index in [1.165, 1.54) is 20.6 Å². The summed E-state index contributed by atoms with van der Waals surface area (Å²) >= 11 is 0. The second kappa shape index (κ2) is 7.20. The second-order valence-electron chi connectivity index (χ2n) is 4.57. The molecule has 112 valence electrons. The van der Waals surface area contributed by atoms with Gasteiger partial charge in [-0.15, -0.1) is 4.98 Å². The Bertz CT molecular complexity index is 403. The number of aromatic nitrogens is 3. The molecule has 0 saturated carbocycles. The number of ether oxygens (including phenoxy) is 2. The molecule has 20 heavy (non-hydrogen) atoms. The molecule has 0 amide bonds. The topological polar surface area (TPSA) is 92.6 Å². The molecule has 1 unspecified atom stereocenters. The van der Waals surface area contributed by atoms with Crippen LogP contribution in [0.15, 0.2) is 0 Å². The number of rotatable bonds is 7. The summed E-state index contributed by atoms with van der Waals surface area (Å²) in [5, 5.41) is 12.6. The minimum absolute atomic E-state index is 0.0308. The SMILES string of the molecule is COc1nc(OC)nc(N(CCO)CC2CCCN2)n1. The molecule has 2 N–H and O–H groups in total. The van der Waals surface area contributed by atoms with Crippen molar-refractivity contribution in [1.29, 1.82) is 0 Å². The summed E-state index contributed by atoms with van der Waals surface area (Å²) in [5.74, 6) is 0.455. The van der Waals surface area contributed by atoms with Crippen LogP contribution in [0.3, 0.4) is 0 Å². The van der Waals surface area contributed by atoms with Crippen LogP contribution in [0.4, 0.5) is 5.95 Å². The lowest BCUT2D eigenvalue weighted by Crippen LogP contribution is -2.40. The van der Waals surface area contributed by atoms with Gasteiger partial charge in [-0.3, -0.25) is 0 Å². The highest BCUT2D eigenvalue weighted by Gasteiger charge is 2.21. The third kappa shape index (κ3) is 3.67. The standard InChI is InChI=1S/C12H21N5O3/c1-19-11-14-10(15-12(16-11)20-2)17(6-7-18)8-9-4-3-5-13-9/h9,13,18H,3-8H2,1-2H3. The number of hydrogen-bond donors (Lipinski definition) is 2. The number of hydrogen-bond acceptors (Lipinski definition) is 8. The zero-order valence-corrected chi connectivity index (χ0v) is 11.9. The smallest absolute Gasteiger partial charge is 0.324 e. The Morgan fingerprint density at radius 3 is 2.45 bits per heavy atom. The van der Waals surface area contributed by atoms with Crippen LogP contribution in [0.25, 0.3) is 0 Å². The molecule has 0 radical (unpaired) electrons. The van der Waals surface area contributed by atoms with Gasteiger partial charge in [0.1, 0.15) is 0 Å². The molecular formula is C12H21N5O3. The molecule has 0 spiro atoms. The fraction of sp³-hybridized carbons (Fsp3) is 0.750. The van der Waals surface area contributed by atoms with Crippen LogP contribution < -0.4 is 19.7 Å². The highest BCUT2D eigenvalue weighted by Crippen LogP contribution is 2.17. The minimum atomic E-state index is 0.0308. The Labute approximate surface area is 118 Å². The summed E-state index contributed by atoms with van der Waals surface area (Å²) in [7, 11) is 2.99. The van der Waals surface area contributed by atoms with Gasteiger partial charge in [-0.25, -0.2) is 0 Å². The van der Waals surface area contributed by atoms with E-state index in [0.717, 1.165) is 19.5 Å². The maximum Gasteiger partial charge on any atom is 0.324 e. The van der Waals surface area contributed by atoms with Crippen molar-refractivity contribution in [1.82, 2.24) is 20.3 Å². The lowest BCUT2D eigenvalue weighted by Gasteiger charge is -2.25. The molecule has 2 heterocycles. The highest BCUT2D eigenvalue weighted by molar-refractivity contribution is 5.32. The van der Waals surface area contributed by atoms with Gasteiger partial charge in [0.05, 0.1) is 20.8 Å². The van der Waals surface area contributed by atoms with E-state index in [1.807, 2.05) is 4.90 Å². The van der Waals surface area contributed by atoms with Gasteiger partial charge in [0, 0.05) is 19.1 Å². The summed E-state index contributed by atoms with van der Waals surface area (Å²) in [6.07, 6.45) is 2.28. The lowest BCUT2D eigenvalue weighted by molar-refractivity contribution is 0.298. The molecule has 1 fully saturated rings. The van der Waals surface area contributed by atoms with Gasteiger partial charge in [-0.1, -0.05) is 0 Å². The first kappa shape index (κ1) is 14.7. The summed E-state index contributed by atoms with van der Waals surface area (Å²) < 4.78 is 10.1. The van der Waals surface area contributed by atoms with Gasteiger partial charge < -0.3 is 24.8 Å². The molecule has 1 atom stereocenters. The van der Waals surface area contributed by atoms with E-state index in [4.69, 9.17) is 9.47 Å². The largest absolute Gasteiger partial charge is 0.467 e. The molecule has 0 bridgehead atoms. The van der Waals surface area contributed by atoms with E-state index in [0.29, 0.717) is 18.5 Å². The molecule has 8 heteroatoms. The average Bonchev–Trinajstić information content (AvgIpc) is 2.99. The fourth-order valence-electron chi connectivity index (χ4n) is 2.22. The predicted octanol–water partition coefficient (Wildman–Crippen LogP) is -0.560. The van der Waals surface area contributed by atoms with Crippen molar-refractivity contribution in [3.8, 4) is 12.0 Å². The van der Waals surface area contributed by atoms with Gasteiger partial charge in [0.2, 0.25) is 5.95 Å². The maximum atomic E-state index is 9.23. The van der Waals surface area contributed by atoms with Gasteiger partial charge in [-0.2, -0.15) is 9.97 Å². The molecular weight excluding hydrogens is 262 g/mol. The van der Waals surface area contributed by atoms with E-state index in [2.05, 4.69) is 20.3 Å². The van der Waals surface area contributed by atoms with Crippen LogP contribution in [0.5, 0.6) is 12.0 Å². The molecule has 0 aromatic carbocycles. The van der Waals surface area contributed by atoms with E-state index in [1.54, 1.807) is 0 Å². The molecule has 1 aromatic rings. The van der Waals surface area contributed by atoms with E-state index in [-0.39, 0.29) is 18.6 Å². The molecule has 2 rings (SSSR count). The number of aliphatic hydroxyl groups is 1. The maximum absolute atomic E-state index is 9.23. The van der Waals surface area contributed by atoms with Crippen LogP contribution in [-0.4, -0.2) is 66.6 Å². The second-order valence-corrected chi connectivity index (χ2v) is 4.57. The number of methoxy groups -OCH3 is 2. The normalized spacial score (nSPS) is 18.1. The van der Waals surface area contributed by atoms with Gasteiger partial charge >= 0.3 is 12.0 Å². The van der Waals surface area contributed by atoms with Crippen molar-refractivity contribution in [2.45, 2.75) is 18.9 Å². The first-order chi connectivity index (χ1) is 9.76. The quantitative estimate of drug-likeness (QED) is 0.688. The average molecular weight is 283 g/mol. The van der Waals surface area contributed by atoms with Crippen LogP contribution in [0, 0.1) is 0 Å². The van der Waals surface area contributed by atoms with Crippen LogP contribution >= 0.6 is 0 Å². The third-order valence-electron chi connectivity index (χ3n) is 3.20. The highest BCUT2D eigenvalue weighted by atomic mass is 16.5. The molecule has 0 aliphatic carbocycles. The van der Waals surface area contributed by atoms with Crippen molar-refractivity contribution < 1.29 is 14.6 Å². The first-order valence-electron chi connectivity index (χ1n) is 6.70. The van der Waals surface area contributed by atoms with Gasteiger partial charge in [0.15, 0.2) is 0 Å². The molecule has 1 aromatic heterocycles. The van der Waals surface area contributed by atoms with E-state index in [9.17, 15) is 5.11 Å². The van der Waals surface area contributed by atoms with Crippen LogP contribution in [0.2, 0.25) is 0 Å². The Morgan fingerprint density at radius 1 is 1.25 bits per heavy atom. The van der Waals surface area contributed by atoms with Crippen LogP contribution in [0.1, 0.15) is 12.8 Å². The number of anilines is 1. The summed E-state index contributed by atoms with van der Waals surface area (Å²) in [4.78, 5) is 14.3. The Balaban J connectivity index is 2.17. The van der Waals surface area contributed by atoms with Gasteiger partial charge in [-0.05, 0) is 19.4 Å². The molecule has 1 aliphatic heterocycles. The number of nitrogens with one attached hydrogen (secondary N) is 1. The monoisotopic (exact) mass is 283 g/mol. The zero-order chi connectivity index (χ0) is 14.4. The predicted molar refractivity (Wildman–Crippen MR) is 73.3 cm³/mol. The van der Waals surface area contributed by atoms with E-state index < -0.39 is 0 Å². The lowest BCUT2D eigenvalue weighted by atomic mass is 10.2. The van der Waals surface area contributed by atoms with Crippen molar-refractivity contribution in [2.24, 2.45) is 0 Å². The fourth-order valence-corrected chi connectivity index (χ4v) is 2.22.